The van der Waals surface area contributed by atoms with Crippen LogP contribution in [0.2, 0.25) is 0 Å². The van der Waals surface area contributed by atoms with Crippen LogP contribution in [-0.4, -0.2) is 60.1 Å². The van der Waals surface area contributed by atoms with Gasteiger partial charge in [0.1, 0.15) is 0 Å². The minimum Gasteiger partial charge on any atom is -0.378 e. The van der Waals surface area contributed by atoms with E-state index in [1.807, 2.05) is 25.1 Å². The smallest absolute Gasteiger partial charge is 0.279 e. The monoisotopic (exact) mass is 438 g/mol. The standard InChI is InChI=1S/C24H34N6O2/c1-15-9-10-18-20(13-15)28-22(24(31)26-16(2)25)23(29-18)30-12-11-19(21(14-30)32-3)27-17-7-5-4-6-8-17/h9-10,13,17,19,21,27H,4-8,11-12,14H2,1-3H3,(H2,25,26,31)/t19-,21+/m1/s1. The molecule has 1 aromatic heterocycles. The maximum Gasteiger partial charge on any atom is 0.279 e. The fourth-order valence-electron chi connectivity index (χ4n) is 4.87. The van der Waals surface area contributed by atoms with Crippen molar-refractivity contribution in [2.24, 2.45) is 0 Å². The van der Waals surface area contributed by atoms with Crippen molar-refractivity contribution < 1.29 is 9.53 Å². The minimum atomic E-state index is -0.403. The Bertz CT molecular complexity index is 988. The van der Waals surface area contributed by atoms with Gasteiger partial charge >= 0.3 is 0 Å². The van der Waals surface area contributed by atoms with Crippen molar-refractivity contribution in [1.29, 1.82) is 5.41 Å². The molecule has 8 heteroatoms. The number of nitrogens with one attached hydrogen (secondary N) is 3. The lowest BCUT2D eigenvalue weighted by molar-refractivity contribution is 0.0533. The van der Waals surface area contributed by atoms with E-state index < -0.39 is 5.91 Å². The molecule has 0 unspecified atom stereocenters. The van der Waals surface area contributed by atoms with Crippen LogP contribution in [0.4, 0.5) is 5.82 Å². The molecular formula is C24H34N6O2. The topological polar surface area (TPSA) is 103 Å². The van der Waals surface area contributed by atoms with Gasteiger partial charge in [-0.25, -0.2) is 9.97 Å². The van der Waals surface area contributed by atoms with Gasteiger partial charge in [-0.2, -0.15) is 0 Å². The number of hydrogen-bond donors (Lipinski definition) is 3. The molecule has 1 aromatic carbocycles. The molecule has 1 saturated carbocycles. The molecule has 1 aliphatic heterocycles. The van der Waals surface area contributed by atoms with Crippen LogP contribution >= 0.6 is 0 Å². The van der Waals surface area contributed by atoms with Gasteiger partial charge < -0.3 is 20.3 Å². The van der Waals surface area contributed by atoms with E-state index in [2.05, 4.69) is 20.5 Å². The Kier molecular flexibility index (Phi) is 7.01. The number of anilines is 1. The second-order valence-electron chi connectivity index (χ2n) is 9.08. The van der Waals surface area contributed by atoms with Crippen LogP contribution in [-0.2, 0) is 4.74 Å². The predicted octanol–water partition coefficient (Wildman–Crippen LogP) is 3.18. The molecule has 3 N–H and O–H groups in total. The highest BCUT2D eigenvalue weighted by Gasteiger charge is 2.33. The molecule has 2 atom stereocenters. The highest BCUT2D eigenvalue weighted by molar-refractivity contribution is 6.07. The minimum absolute atomic E-state index is 0.00146. The number of amidine groups is 1. The fraction of sp³-hybridized carbons (Fsp3) is 0.583. The Balaban J connectivity index is 1.60. The molecule has 0 radical (unpaired) electrons. The first-order chi connectivity index (χ1) is 15.4. The van der Waals surface area contributed by atoms with Crippen molar-refractivity contribution >= 4 is 28.6 Å². The summed E-state index contributed by atoms with van der Waals surface area (Å²) in [5.74, 6) is 0.232. The Morgan fingerprint density at radius 3 is 2.66 bits per heavy atom. The maximum absolute atomic E-state index is 12.9. The van der Waals surface area contributed by atoms with Crippen LogP contribution in [0.5, 0.6) is 0 Å². The molecule has 4 rings (SSSR count). The van der Waals surface area contributed by atoms with Crippen molar-refractivity contribution in [2.45, 2.75) is 70.6 Å². The maximum atomic E-state index is 12.9. The van der Waals surface area contributed by atoms with E-state index in [1.54, 1.807) is 14.0 Å². The summed E-state index contributed by atoms with van der Waals surface area (Å²) in [6, 6.07) is 6.73. The summed E-state index contributed by atoms with van der Waals surface area (Å²) >= 11 is 0. The van der Waals surface area contributed by atoms with Gasteiger partial charge in [-0.15, -0.1) is 0 Å². The number of carbonyl (C=O) groups excluding carboxylic acids is 1. The van der Waals surface area contributed by atoms with E-state index in [0.717, 1.165) is 24.0 Å². The second kappa shape index (κ2) is 9.92. The summed E-state index contributed by atoms with van der Waals surface area (Å²) in [4.78, 5) is 24.5. The van der Waals surface area contributed by atoms with Gasteiger partial charge in [0.2, 0.25) is 0 Å². The van der Waals surface area contributed by atoms with Crippen LogP contribution < -0.4 is 15.5 Å². The first-order valence-electron chi connectivity index (χ1n) is 11.6. The summed E-state index contributed by atoms with van der Waals surface area (Å²) in [5, 5.41) is 14.1. The Hall–Kier alpha value is -2.58. The summed E-state index contributed by atoms with van der Waals surface area (Å²) < 4.78 is 5.88. The third kappa shape index (κ3) is 5.07. The fourth-order valence-corrected chi connectivity index (χ4v) is 4.87. The quantitative estimate of drug-likeness (QED) is 0.489. The lowest BCUT2D eigenvalue weighted by Crippen LogP contribution is -2.56. The predicted molar refractivity (Wildman–Crippen MR) is 127 cm³/mol. The van der Waals surface area contributed by atoms with E-state index in [1.165, 1.54) is 32.1 Å². The number of aromatic nitrogens is 2. The Morgan fingerprint density at radius 2 is 1.94 bits per heavy atom. The zero-order valence-corrected chi connectivity index (χ0v) is 19.3. The third-order valence-corrected chi connectivity index (χ3v) is 6.53. The highest BCUT2D eigenvalue weighted by atomic mass is 16.5. The lowest BCUT2D eigenvalue weighted by atomic mass is 9.92. The largest absolute Gasteiger partial charge is 0.378 e. The summed E-state index contributed by atoms with van der Waals surface area (Å²) in [6.45, 7) is 4.93. The third-order valence-electron chi connectivity index (χ3n) is 6.53. The zero-order valence-electron chi connectivity index (χ0n) is 19.3. The van der Waals surface area contributed by atoms with E-state index >= 15 is 0 Å². The number of hydrogen-bond acceptors (Lipinski definition) is 7. The van der Waals surface area contributed by atoms with Crippen molar-refractivity contribution in [1.82, 2.24) is 20.6 Å². The summed E-state index contributed by atoms with van der Waals surface area (Å²) in [5.41, 5.74) is 2.75. The highest BCUT2D eigenvalue weighted by Crippen LogP contribution is 2.27. The van der Waals surface area contributed by atoms with Gasteiger partial charge in [0, 0.05) is 32.3 Å². The van der Waals surface area contributed by atoms with Crippen LogP contribution in [0, 0.1) is 12.3 Å². The van der Waals surface area contributed by atoms with Crippen LogP contribution in [0.25, 0.3) is 11.0 Å². The number of ether oxygens (including phenoxy) is 1. The van der Waals surface area contributed by atoms with Crippen molar-refractivity contribution in [3.8, 4) is 0 Å². The summed E-state index contributed by atoms with van der Waals surface area (Å²) in [6.07, 6.45) is 7.31. The molecule has 2 aliphatic rings. The molecule has 0 bridgehead atoms. The molecule has 1 saturated heterocycles. The number of rotatable bonds is 5. The van der Waals surface area contributed by atoms with Crippen LogP contribution in [0.1, 0.15) is 61.5 Å². The molecule has 1 aliphatic carbocycles. The molecule has 2 fully saturated rings. The van der Waals surface area contributed by atoms with Gasteiger partial charge in [-0.3, -0.25) is 10.2 Å². The molecule has 1 amide bonds. The Morgan fingerprint density at radius 1 is 1.16 bits per heavy atom. The van der Waals surface area contributed by atoms with Crippen LogP contribution in [0.15, 0.2) is 18.2 Å². The van der Waals surface area contributed by atoms with Crippen molar-refractivity contribution in [3.05, 3.63) is 29.5 Å². The lowest BCUT2D eigenvalue weighted by Gasteiger charge is -2.41. The average Bonchev–Trinajstić information content (AvgIpc) is 2.78. The SMILES string of the molecule is CO[C@H]1CN(c2nc3ccc(C)cc3nc2C(=O)NC(C)=N)CC[C@H]1NC1CCCCC1. The average molecular weight is 439 g/mol. The number of aryl methyl sites for hydroxylation is 1. The number of carbonyl (C=O) groups is 1. The number of benzene rings is 1. The molecule has 172 valence electrons. The molecule has 32 heavy (non-hydrogen) atoms. The number of methoxy groups -OCH3 is 1. The van der Waals surface area contributed by atoms with E-state index in [-0.39, 0.29) is 23.7 Å². The first-order valence-corrected chi connectivity index (χ1v) is 11.6. The molecular weight excluding hydrogens is 404 g/mol. The van der Waals surface area contributed by atoms with Gasteiger partial charge in [-0.1, -0.05) is 25.3 Å². The molecule has 2 aromatic rings. The van der Waals surface area contributed by atoms with E-state index in [0.29, 0.717) is 23.9 Å². The number of piperidine rings is 1. The zero-order chi connectivity index (χ0) is 22.7. The summed E-state index contributed by atoms with van der Waals surface area (Å²) in [7, 11) is 1.75. The van der Waals surface area contributed by atoms with Crippen molar-refractivity contribution in [2.75, 3.05) is 25.1 Å². The van der Waals surface area contributed by atoms with Crippen LogP contribution in [0.3, 0.4) is 0 Å². The Labute approximate surface area is 189 Å². The van der Waals surface area contributed by atoms with E-state index in [4.69, 9.17) is 15.1 Å². The normalized spacial score (nSPS) is 22.2. The van der Waals surface area contributed by atoms with Gasteiger partial charge in [0.05, 0.1) is 23.0 Å². The van der Waals surface area contributed by atoms with Gasteiger partial charge in [-0.05, 0) is 50.8 Å². The van der Waals surface area contributed by atoms with Crippen molar-refractivity contribution in [3.63, 3.8) is 0 Å². The van der Waals surface area contributed by atoms with Gasteiger partial charge in [0.25, 0.3) is 5.91 Å². The molecule has 8 nitrogen and oxygen atoms in total. The van der Waals surface area contributed by atoms with E-state index in [9.17, 15) is 4.79 Å². The number of nitrogens with zero attached hydrogens (tertiary/aromatic N) is 3. The number of amides is 1. The number of fused-ring (bicyclic) bond motifs is 1. The second-order valence-corrected chi connectivity index (χ2v) is 9.08. The molecule has 2 heterocycles. The first kappa shape index (κ1) is 22.6. The van der Waals surface area contributed by atoms with Gasteiger partial charge in [0.15, 0.2) is 11.5 Å². The molecule has 0 spiro atoms.